The third-order valence-corrected chi connectivity index (χ3v) is 2.53. The van der Waals surface area contributed by atoms with Gasteiger partial charge in [0.05, 0.1) is 0 Å². The molecule has 0 radical (unpaired) electrons. The van der Waals surface area contributed by atoms with E-state index in [1.807, 2.05) is 0 Å². The molecule has 2 rings (SSSR count). The van der Waals surface area contributed by atoms with Crippen molar-refractivity contribution in [2.75, 3.05) is 11.1 Å². The first-order valence-electron chi connectivity index (χ1n) is 5.07. The molecule has 19 heavy (non-hydrogen) atoms. The average molecular weight is 274 g/mol. The molecule has 2 nitrogen and oxygen atoms in total. The van der Waals surface area contributed by atoms with Crippen LogP contribution < -0.4 is 11.1 Å². The van der Waals surface area contributed by atoms with Gasteiger partial charge in [0.25, 0.3) is 0 Å². The smallest absolute Gasteiger partial charge is 0.191 e. The molecule has 0 aliphatic carbocycles. The van der Waals surface area contributed by atoms with Gasteiger partial charge in [0, 0.05) is 11.3 Å². The maximum Gasteiger partial charge on any atom is 0.191 e. The van der Waals surface area contributed by atoms with Crippen LogP contribution in [0.4, 0.5) is 33.5 Å². The van der Waals surface area contributed by atoms with E-state index in [-0.39, 0.29) is 5.56 Å². The van der Waals surface area contributed by atoms with Crippen molar-refractivity contribution in [2.24, 2.45) is 0 Å². The normalized spacial score (nSPS) is 10.6. The summed E-state index contributed by atoms with van der Waals surface area (Å²) in [6.45, 7) is 0. The molecule has 2 aromatic carbocycles. The largest absolute Gasteiger partial charge is 0.399 e. The van der Waals surface area contributed by atoms with Crippen molar-refractivity contribution >= 4 is 11.4 Å². The Morgan fingerprint density at radius 2 is 1.47 bits per heavy atom. The monoisotopic (exact) mass is 274 g/mol. The van der Waals surface area contributed by atoms with Crippen molar-refractivity contribution in [1.82, 2.24) is 0 Å². The molecular weight excluding hydrogens is 267 g/mol. The molecule has 7 heteroatoms. The molecule has 0 aliphatic rings. The zero-order chi connectivity index (χ0) is 14.2. The Bertz CT molecular complexity index is 611. The maximum atomic E-state index is 13.7. The average Bonchev–Trinajstić information content (AvgIpc) is 2.34. The Balaban J connectivity index is 2.63. The molecule has 0 spiro atoms. The number of rotatable bonds is 2. The van der Waals surface area contributed by atoms with E-state index in [2.05, 4.69) is 0 Å². The molecule has 0 aliphatic heterocycles. The van der Waals surface area contributed by atoms with Gasteiger partial charge in [-0.15, -0.1) is 0 Å². The van der Waals surface area contributed by atoms with Crippen molar-refractivity contribution in [2.45, 2.75) is 0 Å². The molecule has 100 valence electrons. The van der Waals surface area contributed by atoms with Crippen LogP contribution in [0.3, 0.4) is 0 Å². The van der Waals surface area contributed by atoms with E-state index < -0.39 is 34.0 Å². The van der Waals surface area contributed by atoms with Crippen LogP contribution in [0.5, 0.6) is 0 Å². The van der Waals surface area contributed by atoms with Crippen molar-refractivity contribution < 1.29 is 22.1 Å². The lowest BCUT2D eigenvalue weighted by Gasteiger charge is -2.10. The lowest BCUT2D eigenvalue weighted by Crippen LogP contribution is -2.06. The van der Waals surface area contributed by atoms with E-state index in [9.17, 15) is 22.1 Å². The van der Waals surface area contributed by atoms with Gasteiger partial charge in [0.2, 0.25) is 0 Å². The SMILES string of the molecule is Nc1ccc(-c2cc(F)c(N(F)F)c(F)c2F)cc1. The molecule has 2 N–H and O–H groups in total. The molecular formula is C12H7F5N2. The first-order chi connectivity index (χ1) is 8.91. The maximum absolute atomic E-state index is 13.7. The quantitative estimate of drug-likeness (QED) is 0.389. The predicted molar refractivity (Wildman–Crippen MR) is 60.9 cm³/mol. The van der Waals surface area contributed by atoms with E-state index in [1.165, 1.54) is 24.3 Å². The van der Waals surface area contributed by atoms with Crippen LogP contribution >= 0.6 is 0 Å². The Labute approximate surface area is 104 Å². The summed E-state index contributed by atoms with van der Waals surface area (Å²) in [6.07, 6.45) is 0. The number of nitrogens with zero attached hydrogens (tertiary/aromatic N) is 1. The molecule has 0 heterocycles. The first kappa shape index (κ1) is 13.1. The van der Waals surface area contributed by atoms with Gasteiger partial charge in [-0.1, -0.05) is 21.1 Å². The summed E-state index contributed by atoms with van der Waals surface area (Å²) in [5, 5.41) is -1.81. The van der Waals surface area contributed by atoms with Gasteiger partial charge in [0.1, 0.15) is 0 Å². The Morgan fingerprint density at radius 3 is 2.00 bits per heavy atom. The van der Waals surface area contributed by atoms with Crippen LogP contribution in [0.1, 0.15) is 0 Å². The van der Waals surface area contributed by atoms with Crippen LogP contribution in [0, 0.1) is 17.5 Å². The van der Waals surface area contributed by atoms with Crippen molar-refractivity contribution in [3.05, 3.63) is 47.8 Å². The fourth-order valence-electron chi connectivity index (χ4n) is 1.61. The minimum absolute atomic E-state index is 0.125. The Kier molecular flexibility index (Phi) is 3.28. The molecule has 0 aromatic heterocycles. The molecule has 0 unspecified atom stereocenters. The van der Waals surface area contributed by atoms with E-state index in [0.717, 1.165) is 0 Å². The van der Waals surface area contributed by atoms with Gasteiger partial charge >= 0.3 is 0 Å². The Morgan fingerprint density at radius 1 is 0.895 bits per heavy atom. The van der Waals surface area contributed by atoms with Gasteiger partial charge in [-0.2, -0.15) is 0 Å². The molecule has 0 saturated carbocycles. The lowest BCUT2D eigenvalue weighted by atomic mass is 10.0. The highest BCUT2D eigenvalue weighted by molar-refractivity contribution is 5.69. The standard InChI is InChI=1S/C12H7F5N2/c13-9-5-8(6-1-3-7(18)4-2-6)10(14)11(15)12(9)19(16)17/h1-5H,18H2. The predicted octanol–water partition coefficient (Wildman–Crippen LogP) is 3.93. The number of nitrogen functional groups attached to an aromatic ring is 1. The number of benzene rings is 2. The molecule has 0 bridgehead atoms. The Hall–Kier alpha value is -2.31. The van der Waals surface area contributed by atoms with Crippen LogP contribution in [-0.2, 0) is 0 Å². The van der Waals surface area contributed by atoms with Crippen LogP contribution in [0.25, 0.3) is 11.1 Å². The zero-order valence-corrected chi connectivity index (χ0v) is 9.30. The molecule has 0 amide bonds. The van der Waals surface area contributed by atoms with E-state index in [4.69, 9.17) is 5.73 Å². The third kappa shape index (κ3) is 2.31. The van der Waals surface area contributed by atoms with Gasteiger partial charge in [-0.3, -0.25) is 0 Å². The van der Waals surface area contributed by atoms with Gasteiger partial charge in [0.15, 0.2) is 23.1 Å². The van der Waals surface area contributed by atoms with Crippen LogP contribution in [-0.4, -0.2) is 0 Å². The van der Waals surface area contributed by atoms with E-state index in [0.29, 0.717) is 11.8 Å². The second-order valence-corrected chi connectivity index (χ2v) is 3.74. The van der Waals surface area contributed by atoms with Crippen LogP contribution in [0.2, 0.25) is 0 Å². The van der Waals surface area contributed by atoms with Gasteiger partial charge in [-0.05, 0) is 29.1 Å². The van der Waals surface area contributed by atoms with E-state index in [1.54, 1.807) is 0 Å². The third-order valence-electron chi connectivity index (χ3n) is 2.53. The molecule has 2 aromatic rings. The summed E-state index contributed by atoms with van der Waals surface area (Å²) in [4.78, 5) is 0. The topological polar surface area (TPSA) is 29.3 Å². The summed E-state index contributed by atoms with van der Waals surface area (Å²) in [5.41, 5.74) is 3.74. The van der Waals surface area contributed by atoms with Gasteiger partial charge in [-0.25, -0.2) is 13.2 Å². The lowest BCUT2D eigenvalue weighted by molar-refractivity contribution is 0.225. The minimum atomic E-state index is -1.95. The highest BCUT2D eigenvalue weighted by atomic mass is 19.4. The number of hydrogen-bond acceptors (Lipinski definition) is 2. The van der Waals surface area contributed by atoms with Crippen LogP contribution in [0.15, 0.2) is 30.3 Å². The minimum Gasteiger partial charge on any atom is -0.399 e. The molecule has 0 fully saturated rings. The second-order valence-electron chi connectivity index (χ2n) is 3.74. The molecule has 0 atom stereocenters. The van der Waals surface area contributed by atoms with Crippen molar-refractivity contribution in [1.29, 1.82) is 0 Å². The van der Waals surface area contributed by atoms with Gasteiger partial charge < -0.3 is 5.73 Å². The van der Waals surface area contributed by atoms with E-state index >= 15 is 0 Å². The summed E-state index contributed by atoms with van der Waals surface area (Å²) in [5.74, 6) is -5.06. The fourth-order valence-corrected chi connectivity index (χ4v) is 1.61. The fraction of sp³-hybridized carbons (Fsp3) is 0. The molecule has 0 saturated heterocycles. The number of halogens is 5. The van der Waals surface area contributed by atoms with Crippen molar-refractivity contribution in [3.8, 4) is 11.1 Å². The first-order valence-corrected chi connectivity index (χ1v) is 5.07. The summed E-state index contributed by atoms with van der Waals surface area (Å²) in [7, 11) is 0. The zero-order valence-electron chi connectivity index (χ0n) is 9.30. The number of anilines is 2. The highest BCUT2D eigenvalue weighted by Crippen LogP contribution is 2.33. The summed E-state index contributed by atoms with van der Waals surface area (Å²) >= 11 is 0. The second kappa shape index (κ2) is 4.75. The highest BCUT2D eigenvalue weighted by Gasteiger charge is 2.24. The number of hydrogen-bond donors (Lipinski definition) is 1. The summed E-state index contributed by atoms with van der Waals surface area (Å²) in [6, 6.07) is 5.96. The summed E-state index contributed by atoms with van der Waals surface area (Å²) < 4.78 is 64.8. The number of nitrogens with two attached hydrogens (primary N) is 1. The van der Waals surface area contributed by atoms with Crippen molar-refractivity contribution in [3.63, 3.8) is 0 Å².